The van der Waals surface area contributed by atoms with Gasteiger partial charge in [-0.25, -0.2) is 0 Å². The topological polar surface area (TPSA) is 43.8 Å². The number of nitrogens with zero attached hydrogens (tertiary/aromatic N) is 2. The van der Waals surface area contributed by atoms with Crippen LogP contribution in [-0.4, -0.2) is 15.8 Å². The van der Waals surface area contributed by atoms with Crippen LogP contribution >= 0.6 is 0 Å². The minimum atomic E-state index is 0.145. The largest absolute Gasteiger partial charge is 0.324 e. The van der Waals surface area contributed by atoms with Gasteiger partial charge in [0.25, 0.3) is 0 Å². The molecule has 1 aromatic heterocycles. The maximum Gasteiger partial charge on any atom is 0.0675 e. The molecule has 1 aromatic rings. The van der Waals surface area contributed by atoms with Crippen LogP contribution in [0.2, 0.25) is 0 Å². The van der Waals surface area contributed by atoms with Crippen molar-refractivity contribution in [3.63, 3.8) is 0 Å². The summed E-state index contributed by atoms with van der Waals surface area (Å²) in [7, 11) is 1.95. The van der Waals surface area contributed by atoms with Crippen LogP contribution in [0.15, 0.2) is 30.5 Å². The van der Waals surface area contributed by atoms with E-state index >= 15 is 0 Å². The molecule has 0 spiro atoms. The third kappa shape index (κ3) is 1.51. The number of hydrogen-bond donors (Lipinski definition) is 1. The van der Waals surface area contributed by atoms with E-state index in [1.165, 1.54) is 5.57 Å². The number of rotatable bonds is 1. The predicted molar refractivity (Wildman–Crippen MR) is 57.5 cm³/mol. The van der Waals surface area contributed by atoms with Crippen molar-refractivity contribution in [2.24, 2.45) is 18.7 Å². The smallest absolute Gasteiger partial charge is 0.0675 e. The van der Waals surface area contributed by atoms with Crippen LogP contribution in [0, 0.1) is 5.92 Å². The Morgan fingerprint density at radius 3 is 2.86 bits per heavy atom. The molecule has 0 amide bonds. The molecule has 2 atom stereocenters. The fourth-order valence-electron chi connectivity index (χ4n) is 1.67. The lowest BCUT2D eigenvalue weighted by molar-refractivity contribution is 0.626. The molecule has 3 nitrogen and oxygen atoms in total. The van der Waals surface area contributed by atoms with E-state index in [0.717, 1.165) is 5.69 Å². The third-order valence-electron chi connectivity index (χ3n) is 2.66. The normalized spacial score (nSPS) is 26.4. The Morgan fingerprint density at radius 1 is 1.50 bits per heavy atom. The Morgan fingerprint density at radius 2 is 2.29 bits per heavy atom. The predicted octanol–water partition coefficient (Wildman–Crippen LogP) is 1.34. The minimum Gasteiger partial charge on any atom is -0.324 e. The van der Waals surface area contributed by atoms with Crippen LogP contribution < -0.4 is 5.73 Å². The minimum absolute atomic E-state index is 0.145. The van der Waals surface area contributed by atoms with E-state index in [4.69, 9.17) is 5.73 Å². The molecular formula is C11H15N3. The second-order valence-corrected chi connectivity index (χ2v) is 3.76. The fourth-order valence-corrected chi connectivity index (χ4v) is 1.67. The van der Waals surface area contributed by atoms with E-state index in [0.29, 0.717) is 5.92 Å². The molecule has 0 aliphatic heterocycles. The van der Waals surface area contributed by atoms with Gasteiger partial charge in [0.2, 0.25) is 0 Å². The highest BCUT2D eigenvalue weighted by Gasteiger charge is 2.14. The molecule has 3 heteroatoms. The van der Waals surface area contributed by atoms with Gasteiger partial charge in [-0.2, -0.15) is 5.10 Å². The monoisotopic (exact) mass is 189 g/mol. The van der Waals surface area contributed by atoms with Crippen LogP contribution in [-0.2, 0) is 7.05 Å². The highest BCUT2D eigenvalue weighted by molar-refractivity contribution is 5.73. The molecular weight excluding hydrogens is 174 g/mol. The van der Waals surface area contributed by atoms with Crippen LogP contribution in [0.4, 0.5) is 0 Å². The summed E-state index contributed by atoms with van der Waals surface area (Å²) in [6.45, 7) is 2.13. The summed E-state index contributed by atoms with van der Waals surface area (Å²) in [6.07, 6.45) is 8.12. The van der Waals surface area contributed by atoms with Gasteiger partial charge in [-0.3, -0.25) is 4.68 Å². The lowest BCUT2D eigenvalue weighted by Gasteiger charge is -2.18. The Kier molecular flexibility index (Phi) is 2.25. The zero-order valence-electron chi connectivity index (χ0n) is 8.51. The first-order valence-corrected chi connectivity index (χ1v) is 4.82. The van der Waals surface area contributed by atoms with Crippen molar-refractivity contribution < 1.29 is 0 Å². The first kappa shape index (κ1) is 9.21. The average Bonchev–Trinajstić information content (AvgIpc) is 2.57. The van der Waals surface area contributed by atoms with Gasteiger partial charge < -0.3 is 5.73 Å². The molecule has 2 N–H and O–H groups in total. The Labute approximate surface area is 83.9 Å². The third-order valence-corrected chi connectivity index (χ3v) is 2.66. The number of aromatic nitrogens is 2. The molecule has 14 heavy (non-hydrogen) atoms. The molecule has 2 rings (SSSR count). The van der Waals surface area contributed by atoms with Crippen molar-refractivity contribution in [1.29, 1.82) is 0 Å². The molecule has 0 bridgehead atoms. The summed E-state index contributed by atoms with van der Waals surface area (Å²) in [5.41, 5.74) is 8.22. The Bertz CT molecular complexity index is 387. The summed E-state index contributed by atoms with van der Waals surface area (Å²) in [6, 6.07) is 2.16. The Balaban J connectivity index is 2.34. The van der Waals surface area contributed by atoms with Gasteiger partial charge in [-0.05, 0) is 17.6 Å². The molecule has 1 aliphatic carbocycles. The van der Waals surface area contributed by atoms with Crippen molar-refractivity contribution >= 4 is 5.57 Å². The summed E-state index contributed by atoms with van der Waals surface area (Å²) in [5.74, 6) is 0.393. The summed E-state index contributed by atoms with van der Waals surface area (Å²) in [4.78, 5) is 0. The fraction of sp³-hybridized carbons (Fsp3) is 0.364. The molecule has 1 heterocycles. The van der Waals surface area contributed by atoms with E-state index in [1.54, 1.807) is 0 Å². The Hall–Kier alpha value is -1.35. The number of aryl methyl sites for hydroxylation is 1. The molecule has 2 unspecified atom stereocenters. The zero-order chi connectivity index (χ0) is 10.1. The summed E-state index contributed by atoms with van der Waals surface area (Å²) >= 11 is 0. The summed E-state index contributed by atoms with van der Waals surface area (Å²) in [5, 5.41) is 4.15. The van der Waals surface area contributed by atoms with Gasteiger partial charge in [-0.1, -0.05) is 25.2 Å². The van der Waals surface area contributed by atoms with Crippen molar-refractivity contribution in [3.05, 3.63) is 36.2 Å². The van der Waals surface area contributed by atoms with Crippen LogP contribution in [0.5, 0.6) is 0 Å². The van der Waals surface area contributed by atoms with Gasteiger partial charge in [0, 0.05) is 19.3 Å². The standard InChI is InChI=1S/C11H15N3/c1-8-7-9(3-4-10(8)12)11-5-6-13-14(11)2/h3-8,10H,12H2,1-2H3. The van der Waals surface area contributed by atoms with Gasteiger partial charge >= 0.3 is 0 Å². The van der Waals surface area contributed by atoms with E-state index in [9.17, 15) is 0 Å². The van der Waals surface area contributed by atoms with Gasteiger partial charge in [0.1, 0.15) is 0 Å². The highest BCUT2D eigenvalue weighted by atomic mass is 15.3. The molecule has 0 radical (unpaired) electrons. The molecule has 0 saturated carbocycles. The number of allylic oxidation sites excluding steroid dienone is 2. The second-order valence-electron chi connectivity index (χ2n) is 3.76. The van der Waals surface area contributed by atoms with Crippen LogP contribution in [0.25, 0.3) is 5.57 Å². The molecule has 1 aliphatic rings. The maximum atomic E-state index is 5.88. The van der Waals surface area contributed by atoms with E-state index < -0.39 is 0 Å². The van der Waals surface area contributed by atoms with Crippen molar-refractivity contribution in [1.82, 2.24) is 9.78 Å². The van der Waals surface area contributed by atoms with Crippen LogP contribution in [0.3, 0.4) is 0 Å². The van der Waals surface area contributed by atoms with Gasteiger partial charge in [0.05, 0.1) is 5.69 Å². The molecule has 0 aromatic carbocycles. The van der Waals surface area contributed by atoms with Crippen molar-refractivity contribution in [2.45, 2.75) is 13.0 Å². The van der Waals surface area contributed by atoms with E-state index in [2.05, 4.69) is 24.2 Å². The maximum absolute atomic E-state index is 5.88. The van der Waals surface area contributed by atoms with Crippen LogP contribution in [0.1, 0.15) is 12.6 Å². The van der Waals surface area contributed by atoms with Gasteiger partial charge in [0.15, 0.2) is 0 Å². The zero-order valence-corrected chi connectivity index (χ0v) is 8.51. The highest BCUT2D eigenvalue weighted by Crippen LogP contribution is 2.23. The number of hydrogen-bond acceptors (Lipinski definition) is 2. The first-order chi connectivity index (χ1) is 6.68. The lowest BCUT2D eigenvalue weighted by atomic mass is 9.92. The van der Waals surface area contributed by atoms with E-state index in [1.807, 2.05) is 30.1 Å². The molecule has 0 fully saturated rings. The van der Waals surface area contributed by atoms with E-state index in [-0.39, 0.29) is 6.04 Å². The number of nitrogens with two attached hydrogens (primary N) is 1. The SMILES string of the molecule is CC1C=C(c2ccnn2C)C=CC1N. The quantitative estimate of drug-likeness (QED) is 0.724. The summed E-state index contributed by atoms with van der Waals surface area (Å²) < 4.78 is 1.87. The lowest BCUT2D eigenvalue weighted by Crippen LogP contribution is -2.26. The van der Waals surface area contributed by atoms with Crippen molar-refractivity contribution in [3.8, 4) is 0 Å². The van der Waals surface area contributed by atoms with Crippen molar-refractivity contribution in [2.75, 3.05) is 0 Å². The molecule has 0 saturated heterocycles. The first-order valence-electron chi connectivity index (χ1n) is 4.82. The van der Waals surface area contributed by atoms with Gasteiger partial charge in [-0.15, -0.1) is 0 Å². The molecule has 74 valence electrons. The average molecular weight is 189 g/mol. The second kappa shape index (κ2) is 3.42.